The Morgan fingerprint density at radius 3 is 2.24 bits per heavy atom. The lowest BCUT2D eigenvalue weighted by molar-refractivity contribution is -0.131. The molecule has 1 aliphatic rings. The fourth-order valence-electron chi connectivity index (χ4n) is 2.50. The quantitative estimate of drug-likeness (QED) is 0.795. The molecule has 1 fully saturated rings. The highest BCUT2D eigenvalue weighted by molar-refractivity contribution is 6.31. The summed E-state index contributed by atoms with van der Waals surface area (Å²) in [5.41, 5.74) is -0.600. The molecule has 0 aliphatic heterocycles. The third kappa shape index (κ3) is 3.35. The van der Waals surface area contributed by atoms with Gasteiger partial charge >= 0.3 is 0 Å². The predicted molar refractivity (Wildman–Crippen MR) is 91.5 cm³/mol. The standard InChI is InChI=1S/C18H15ClF2N2O2/c1-10-5-6-11(19)9-14(10)22-16(24)18(7-8-18)17(25)23-15-12(20)3-2-4-13(15)21/h2-6,9H,7-8H2,1H3,(H,22,24)(H,23,25). The summed E-state index contributed by atoms with van der Waals surface area (Å²) in [5, 5.41) is 5.32. The van der Waals surface area contributed by atoms with Crippen molar-refractivity contribution in [3.05, 3.63) is 58.6 Å². The molecule has 0 atom stereocenters. The second kappa shape index (κ2) is 6.44. The Kier molecular flexibility index (Phi) is 4.47. The molecule has 0 radical (unpaired) electrons. The van der Waals surface area contributed by atoms with E-state index in [0.717, 1.165) is 17.7 Å². The van der Waals surface area contributed by atoms with Crippen LogP contribution in [-0.4, -0.2) is 11.8 Å². The molecule has 0 unspecified atom stereocenters. The Morgan fingerprint density at radius 1 is 1.04 bits per heavy atom. The van der Waals surface area contributed by atoms with Crippen molar-refractivity contribution in [2.45, 2.75) is 19.8 Å². The average Bonchev–Trinajstić information content (AvgIpc) is 3.36. The summed E-state index contributed by atoms with van der Waals surface area (Å²) in [5.74, 6) is -3.04. The van der Waals surface area contributed by atoms with Gasteiger partial charge in [-0.2, -0.15) is 0 Å². The number of rotatable bonds is 4. The number of hydrogen-bond acceptors (Lipinski definition) is 2. The molecule has 130 valence electrons. The molecule has 0 spiro atoms. The van der Waals surface area contributed by atoms with Gasteiger partial charge in [0.15, 0.2) is 0 Å². The number of anilines is 2. The first-order valence-corrected chi connectivity index (χ1v) is 8.04. The molecule has 2 N–H and O–H groups in total. The number of hydrogen-bond donors (Lipinski definition) is 2. The van der Waals surface area contributed by atoms with Crippen LogP contribution in [0.5, 0.6) is 0 Å². The van der Waals surface area contributed by atoms with Crippen molar-refractivity contribution in [3.63, 3.8) is 0 Å². The van der Waals surface area contributed by atoms with Gasteiger partial charge in [-0.1, -0.05) is 23.7 Å². The fourth-order valence-corrected chi connectivity index (χ4v) is 2.68. The lowest BCUT2D eigenvalue weighted by Crippen LogP contribution is -2.36. The van der Waals surface area contributed by atoms with Crippen LogP contribution in [0.1, 0.15) is 18.4 Å². The lowest BCUT2D eigenvalue weighted by Gasteiger charge is -2.17. The van der Waals surface area contributed by atoms with Crippen molar-refractivity contribution < 1.29 is 18.4 Å². The Hall–Kier alpha value is -2.47. The first kappa shape index (κ1) is 17.4. The highest BCUT2D eigenvalue weighted by Gasteiger charge is 2.56. The van der Waals surface area contributed by atoms with Crippen LogP contribution < -0.4 is 10.6 Å². The van der Waals surface area contributed by atoms with Gasteiger partial charge in [-0.15, -0.1) is 0 Å². The van der Waals surface area contributed by atoms with Crippen molar-refractivity contribution in [3.8, 4) is 0 Å². The molecule has 2 amide bonds. The molecule has 2 aromatic carbocycles. The van der Waals surface area contributed by atoms with E-state index in [1.165, 1.54) is 6.07 Å². The maximum atomic E-state index is 13.7. The molecule has 0 saturated heterocycles. The largest absolute Gasteiger partial charge is 0.325 e. The minimum atomic E-state index is -1.33. The summed E-state index contributed by atoms with van der Waals surface area (Å²) < 4.78 is 27.4. The van der Waals surface area contributed by atoms with E-state index in [1.54, 1.807) is 25.1 Å². The van der Waals surface area contributed by atoms with Crippen LogP contribution in [0.3, 0.4) is 0 Å². The monoisotopic (exact) mass is 364 g/mol. The van der Waals surface area contributed by atoms with E-state index in [1.807, 2.05) is 0 Å². The maximum absolute atomic E-state index is 13.7. The van der Waals surface area contributed by atoms with E-state index in [9.17, 15) is 18.4 Å². The van der Waals surface area contributed by atoms with Crippen LogP contribution >= 0.6 is 11.6 Å². The molecule has 1 saturated carbocycles. The molecule has 7 heteroatoms. The van der Waals surface area contributed by atoms with Crippen molar-refractivity contribution in [1.29, 1.82) is 0 Å². The van der Waals surface area contributed by atoms with E-state index < -0.39 is 34.6 Å². The predicted octanol–water partition coefficient (Wildman–Crippen LogP) is 4.28. The van der Waals surface area contributed by atoms with Gasteiger partial charge in [0.05, 0.1) is 0 Å². The van der Waals surface area contributed by atoms with Crippen LogP contribution in [0.15, 0.2) is 36.4 Å². The van der Waals surface area contributed by atoms with E-state index in [4.69, 9.17) is 11.6 Å². The summed E-state index contributed by atoms with van der Waals surface area (Å²) in [7, 11) is 0. The van der Waals surface area contributed by atoms with Gasteiger partial charge in [-0.05, 0) is 49.6 Å². The maximum Gasteiger partial charge on any atom is 0.240 e. The summed E-state index contributed by atoms with van der Waals surface area (Å²) in [4.78, 5) is 25.0. The molecular formula is C18H15ClF2N2O2. The van der Waals surface area contributed by atoms with Crippen molar-refractivity contribution in [2.75, 3.05) is 10.6 Å². The Bertz CT molecular complexity index is 846. The number of amides is 2. The topological polar surface area (TPSA) is 58.2 Å². The van der Waals surface area contributed by atoms with Gasteiger partial charge in [0.1, 0.15) is 22.7 Å². The zero-order chi connectivity index (χ0) is 18.2. The summed E-state index contributed by atoms with van der Waals surface area (Å²) >= 11 is 5.92. The summed E-state index contributed by atoms with van der Waals surface area (Å²) in [6.45, 7) is 1.79. The van der Waals surface area contributed by atoms with Gasteiger partial charge in [-0.25, -0.2) is 8.78 Å². The van der Waals surface area contributed by atoms with Crippen LogP contribution in [0.2, 0.25) is 5.02 Å². The summed E-state index contributed by atoms with van der Waals surface area (Å²) in [6, 6.07) is 8.28. The second-order valence-electron chi connectivity index (χ2n) is 6.05. The number of carbonyl (C=O) groups excluding carboxylic acids is 2. The van der Waals surface area contributed by atoms with Crippen LogP contribution in [-0.2, 0) is 9.59 Å². The van der Waals surface area contributed by atoms with E-state index in [-0.39, 0.29) is 0 Å². The van der Waals surface area contributed by atoms with Crippen LogP contribution in [0.4, 0.5) is 20.2 Å². The third-order valence-corrected chi connectivity index (χ3v) is 4.50. The molecule has 25 heavy (non-hydrogen) atoms. The summed E-state index contributed by atoms with van der Waals surface area (Å²) in [6.07, 6.45) is 0.612. The number of para-hydroxylation sites is 1. The van der Waals surface area contributed by atoms with Gasteiger partial charge in [0.25, 0.3) is 0 Å². The molecule has 0 bridgehead atoms. The van der Waals surface area contributed by atoms with Crippen molar-refractivity contribution in [1.82, 2.24) is 0 Å². The smallest absolute Gasteiger partial charge is 0.240 e. The Morgan fingerprint density at radius 2 is 1.64 bits per heavy atom. The number of benzene rings is 2. The molecule has 0 heterocycles. The number of halogens is 3. The first-order chi connectivity index (χ1) is 11.8. The molecule has 1 aliphatic carbocycles. The Labute approximate surface area is 148 Å². The van der Waals surface area contributed by atoms with Gasteiger partial charge in [0.2, 0.25) is 11.8 Å². The van der Waals surface area contributed by atoms with Crippen LogP contribution in [0.25, 0.3) is 0 Å². The Balaban J connectivity index is 1.78. The van der Waals surface area contributed by atoms with Gasteiger partial charge in [-0.3, -0.25) is 9.59 Å². The minimum absolute atomic E-state index is 0.306. The fraction of sp³-hybridized carbons (Fsp3) is 0.222. The van der Waals surface area contributed by atoms with E-state index in [2.05, 4.69) is 10.6 Å². The van der Waals surface area contributed by atoms with Crippen molar-refractivity contribution >= 4 is 34.8 Å². The van der Waals surface area contributed by atoms with Crippen molar-refractivity contribution in [2.24, 2.45) is 5.41 Å². The molecule has 0 aromatic heterocycles. The SMILES string of the molecule is Cc1ccc(Cl)cc1NC(=O)C1(C(=O)Nc2c(F)cccc2F)CC1. The normalized spacial score (nSPS) is 14.7. The highest BCUT2D eigenvalue weighted by Crippen LogP contribution is 2.48. The van der Waals surface area contributed by atoms with Gasteiger partial charge in [0, 0.05) is 10.7 Å². The molecule has 2 aromatic rings. The van der Waals surface area contributed by atoms with E-state index >= 15 is 0 Å². The zero-order valence-electron chi connectivity index (χ0n) is 13.3. The molecular weight excluding hydrogens is 350 g/mol. The zero-order valence-corrected chi connectivity index (χ0v) is 14.1. The van der Waals surface area contributed by atoms with Gasteiger partial charge < -0.3 is 10.6 Å². The lowest BCUT2D eigenvalue weighted by atomic mass is 10.0. The third-order valence-electron chi connectivity index (χ3n) is 4.27. The average molecular weight is 365 g/mol. The molecule has 4 nitrogen and oxygen atoms in total. The number of nitrogens with one attached hydrogen (secondary N) is 2. The number of carbonyl (C=O) groups is 2. The van der Waals surface area contributed by atoms with Crippen LogP contribution in [0, 0.1) is 24.0 Å². The molecule has 3 rings (SSSR count). The first-order valence-electron chi connectivity index (χ1n) is 7.66. The number of aryl methyl sites for hydroxylation is 1. The second-order valence-corrected chi connectivity index (χ2v) is 6.48. The minimum Gasteiger partial charge on any atom is -0.325 e. The van der Waals surface area contributed by atoms with E-state index in [0.29, 0.717) is 23.6 Å². The highest BCUT2D eigenvalue weighted by atomic mass is 35.5.